The van der Waals surface area contributed by atoms with Crippen molar-refractivity contribution in [1.82, 2.24) is 10.2 Å². The quantitative estimate of drug-likeness (QED) is 0.850. The number of rotatable bonds is 5. The molecular formula is C17H20N2O3S. The molecule has 1 aliphatic heterocycles. The molecule has 0 saturated carbocycles. The fraction of sp³-hybridized carbons (Fsp3) is 0.353. The van der Waals surface area contributed by atoms with Crippen LogP contribution in [0.1, 0.15) is 12.7 Å². The molecule has 0 fully saturated rings. The zero-order chi connectivity index (χ0) is 16.1. The van der Waals surface area contributed by atoms with Crippen molar-refractivity contribution in [3.8, 4) is 11.5 Å². The summed E-state index contributed by atoms with van der Waals surface area (Å²) in [6.07, 6.45) is 1.61. The number of hydrogen-bond donors (Lipinski definition) is 1. The Morgan fingerprint density at radius 1 is 1.26 bits per heavy atom. The van der Waals surface area contributed by atoms with Gasteiger partial charge in [-0.05, 0) is 43.4 Å². The van der Waals surface area contributed by atoms with Crippen molar-refractivity contribution in [3.63, 3.8) is 0 Å². The molecule has 2 heterocycles. The van der Waals surface area contributed by atoms with Gasteiger partial charge in [0.25, 0.3) is 0 Å². The SMILES string of the molecule is CCN(C[C@@H]1COc2ccccc2O1)C(=S)NCc1ccco1. The lowest BCUT2D eigenvalue weighted by Gasteiger charge is -2.32. The maximum absolute atomic E-state index is 5.99. The molecule has 0 aliphatic carbocycles. The van der Waals surface area contributed by atoms with Crippen molar-refractivity contribution in [2.75, 3.05) is 19.7 Å². The monoisotopic (exact) mass is 332 g/mol. The van der Waals surface area contributed by atoms with Crippen LogP contribution in [0.4, 0.5) is 0 Å². The van der Waals surface area contributed by atoms with Gasteiger partial charge in [0.05, 0.1) is 19.4 Å². The van der Waals surface area contributed by atoms with Gasteiger partial charge >= 0.3 is 0 Å². The fourth-order valence-electron chi connectivity index (χ4n) is 2.44. The third-order valence-corrected chi connectivity index (χ3v) is 4.06. The number of ether oxygens (including phenoxy) is 2. The number of hydrogen-bond acceptors (Lipinski definition) is 4. The molecule has 5 nitrogen and oxygen atoms in total. The molecule has 0 amide bonds. The lowest BCUT2D eigenvalue weighted by molar-refractivity contribution is 0.0748. The normalized spacial score (nSPS) is 16.0. The van der Waals surface area contributed by atoms with Crippen molar-refractivity contribution in [2.24, 2.45) is 0 Å². The van der Waals surface area contributed by atoms with E-state index in [1.54, 1.807) is 6.26 Å². The number of furan rings is 1. The van der Waals surface area contributed by atoms with E-state index in [2.05, 4.69) is 17.1 Å². The molecule has 6 heteroatoms. The molecule has 1 aliphatic rings. The van der Waals surface area contributed by atoms with Gasteiger partial charge < -0.3 is 24.1 Å². The Labute approximate surface area is 141 Å². The predicted molar refractivity (Wildman–Crippen MR) is 91.7 cm³/mol. The van der Waals surface area contributed by atoms with Crippen molar-refractivity contribution < 1.29 is 13.9 Å². The Morgan fingerprint density at radius 2 is 2.09 bits per heavy atom. The third-order valence-electron chi connectivity index (χ3n) is 3.65. The first-order valence-electron chi connectivity index (χ1n) is 7.70. The maximum atomic E-state index is 5.99. The minimum Gasteiger partial charge on any atom is -0.486 e. The number of para-hydroxylation sites is 2. The highest BCUT2D eigenvalue weighted by molar-refractivity contribution is 7.80. The van der Waals surface area contributed by atoms with Gasteiger partial charge in [-0.25, -0.2) is 0 Å². The molecule has 122 valence electrons. The number of nitrogens with one attached hydrogen (secondary N) is 1. The second kappa shape index (κ2) is 7.37. The minimum absolute atomic E-state index is 0.0480. The zero-order valence-corrected chi connectivity index (χ0v) is 13.8. The molecule has 0 saturated heterocycles. The summed E-state index contributed by atoms with van der Waals surface area (Å²) < 4.78 is 17.0. The average molecular weight is 332 g/mol. The van der Waals surface area contributed by atoms with E-state index in [9.17, 15) is 0 Å². The molecular weight excluding hydrogens is 312 g/mol. The van der Waals surface area contributed by atoms with Gasteiger partial charge in [-0.2, -0.15) is 0 Å². The summed E-state index contributed by atoms with van der Waals surface area (Å²) in [6, 6.07) is 11.5. The lowest BCUT2D eigenvalue weighted by atomic mass is 10.2. The van der Waals surface area contributed by atoms with Gasteiger partial charge in [0.15, 0.2) is 22.7 Å². The lowest BCUT2D eigenvalue weighted by Crippen LogP contribution is -2.47. The molecule has 0 bridgehead atoms. The highest BCUT2D eigenvalue weighted by atomic mass is 32.1. The van der Waals surface area contributed by atoms with Gasteiger partial charge in [-0.15, -0.1) is 0 Å². The maximum Gasteiger partial charge on any atom is 0.169 e. The predicted octanol–water partition coefficient (Wildman–Crippen LogP) is 2.82. The van der Waals surface area contributed by atoms with E-state index in [0.29, 0.717) is 24.8 Å². The van der Waals surface area contributed by atoms with Gasteiger partial charge in [0.2, 0.25) is 0 Å². The van der Waals surface area contributed by atoms with Crippen LogP contribution in [0, 0.1) is 0 Å². The van der Waals surface area contributed by atoms with Crippen LogP contribution < -0.4 is 14.8 Å². The zero-order valence-electron chi connectivity index (χ0n) is 13.0. The number of benzene rings is 1. The van der Waals surface area contributed by atoms with Gasteiger partial charge in [0.1, 0.15) is 12.4 Å². The molecule has 3 rings (SSSR count). The van der Waals surface area contributed by atoms with E-state index >= 15 is 0 Å². The summed E-state index contributed by atoms with van der Waals surface area (Å²) in [5.74, 6) is 2.44. The minimum atomic E-state index is -0.0480. The molecule has 0 spiro atoms. The van der Waals surface area contributed by atoms with Crippen molar-refractivity contribution >= 4 is 17.3 Å². The van der Waals surface area contributed by atoms with Crippen LogP contribution in [-0.4, -0.2) is 35.8 Å². The van der Waals surface area contributed by atoms with E-state index in [1.165, 1.54) is 0 Å². The van der Waals surface area contributed by atoms with E-state index in [-0.39, 0.29) is 6.10 Å². The summed E-state index contributed by atoms with van der Waals surface area (Å²) in [4.78, 5) is 2.07. The fourth-order valence-corrected chi connectivity index (χ4v) is 2.72. The van der Waals surface area contributed by atoms with Crippen molar-refractivity contribution in [1.29, 1.82) is 0 Å². The highest BCUT2D eigenvalue weighted by Crippen LogP contribution is 2.30. The first-order valence-corrected chi connectivity index (χ1v) is 8.10. The summed E-state index contributed by atoms with van der Waals surface area (Å²) in [5.41, 5.74) is 0. The summed E-state index contributed by atoms with van der Waals surface area (Å²) >= 11 is 5.47. The molecule has 2 aromatic rings. The Balaban J connectivity index is 1.54. The Bertz CT molecular complexity index is 645. The van der Waals surface area contributed by atoms with Crippen molar-refractivity contribution in [2.45, 2.75) is 19.6 Å². The number of likely N-dealkylation sites (N-methyl/N-ethyl adjacent to an activating group) is 1. The molecule has 0 unspecified atom stereocenters. The summed E-state index contributed by atoms with van der Waals surface area (Å²) in [7, 11) is 0. The van der Waals surface area contributed by atoms with Crippen LogP contribution in [0.5, 0.6) is 11.5 Å². The van der Waals surface area contributed by atoms with E-state index in [4.69, 9.17) is 26.1 Å². The summed E-state index contributed by atoms with van der Waals surface area (Å²) in [6.45, 7) is 4.64. The van der Waals surface area contributed by atoms with E-state index < -0.39 is 0 Å². The summed E-state index contributed by atoms with van der Waals surface area (Å²) in [5, 5.41) is 3.90. The van der Waals surface area contributed by atoms with Crippen LogP contribution in [0.3, 0.4) is 0 Å². The molecule has 1 atom stereocenters. The number of fused-ring (bicyclic) bond motifs is 1. The number of nitrogens with zero attached hydrogens (tertiary/aromatic N) is 1. The second-order valence-electron chi connectivity index (χ2n) is 5.27. The largest absolute Gasteiger partial charge is 0.486 e. The molecule has 1 aromatic carbocycles. The standard InChI is InChI=1S/C17H20N2O3S/c1-2-19(17(23)18-10-13-6-5-9-20-13)11-14-12-21-15-7-3-4-8-16(15)22-14/h3-9,14H,2,10-12H2,1H3,(H,18,23)/t14-/m1/s1. The average Bonchev–Trinajstić information content (AvgIpc) is 3.11. The van der Waals surface area contributed by atoms with Crippen LogP contribution in [0.15, 0.2) is 47.1 Å². The van der Waals surface area contributed by atoms with Gasteiger partial charge in [0, 0.05) is 6.54 Å². The van der Waals surface area contributed by atoms with Crippen LogP contribution >= 0.6 is 12.2 Å². The third kappa shape index (κ3) is 3.96. The Morgan fingerprint density at radius 3 is 2.83 bits per heavy atom. The van der Waals surface area contributed by atoms with Crippen LogP contribution in [0.2, 0.25) is 0 Å². The molecule has 1 aromatic heterocycles. The first-order chi connectivity index (χ1) is 11.3. The smallest absolute Gasteiger partial charge is 0.169 e. The van der Waals surface area contributed by atoms with E-state index in [0.717, 1.165) is 23.8 Å². The van der Waals surface area contributed by atoms with Crippen molar-refractivity contribution in [3.05, 3.63) is 48.4 Å². The topological polar surface area (TPSA) is 46.9 Å². The highest BCUT2D eigenvalue weighted by Gasteiger charge is 2.23. The number of thiocarbonyl (C=S) groups is 1. The van der Waals surface area contributed by atoms with Gasteiger partial charge in [-0.3, -0.25) is 0 Å². The Hall–Kier alpha value is -2.21. The van der Waals surface area contributed by atoms with E-state index in [1.807, 2.05) is 36.4 Å². The molecule has 0 radical (unpaired) electrons. The second-order valence-corrected chi connectivity index (χ2v) is 5.66. The molecule has 23 heavy (non-hydrogen) atoms. The van der Waals surface area contributed by atoms with Crippen LogP contribution in [-0.2, 0) is 6.54 Å². The van der Waals surface area contributed by atoms with Crippen LogP contribution in [0.25, 0.3) is 0 Å². The van der Waals surface area contributed by atoms with Gasteiger partial charge in [-0.1, -0.05) is 12.1 Å². The first kappa shape index (κ1) is 15.7. The molecule has 1 N–H and O–H groups in total. The Kier molecular flexibility index (Phi) is 5.02.